The predicted octanol–water partition coefficient (Wildman–Crippen LogP) is 9.30. The van der Waals surface area contributed by atoms with Crippen molar-refractivity contribution in [1.29, 1.82) is 0 Å². The minimum Gasteiger partial charge on any atom is -0.466 e. The van der Waals surface area contributed by atoms with Crippen LogP contribution in [-0.2, 0) is 14.3 Å². The molecule has 0 amide bonds. The van der Waals surface area contributed by atoms with E-state index in [9.17, 15) is 9.59 Å². The quantitative estimate of drug-likeness (QED) is 0.0503. The van der Waals surface area contributed by atoms with Crippen LogP contribution in [0.5, 0.6) is 0 Å². The molecule has 0 unspecified atom stereocenters. The van der Waals surface area contributed by atoms with Gasteiger partial charge in [-0.25, -0.2) is 24.5 Å². The molecular weight excluding hydrogens is 649 g/mol. The van der Waals surface area contributed by atoms with Gasteiger partial charge in [-0.3, -0.25) is 0 Å². The number of aliphatic imine (C=N–C) groups is 1. The smallest absolute Gasteiger partial charge is 0.337 e. The summed E-state index contributed by atoms with van der Waals surface area (Å²) in [5.74, 6) is -0.933. The van der Waals surface area contributed by atoms with E-state index < -0.39 is 11.9 Å². The van der Waals surface area contributed by atoms with Crippen LogP contribution in [0.4, 0.5) is 11.4 Å². The van der Waals surface area contributed by atoms with Gasteiger partial charge >= 0.3 is 11.9 Å². The highest BCUT2D eigenvalue weighted by molar-refractivity contribution is 6.32. The van der Waals surface area contributed by atoms with Crippen molar-refractivity contribution in [2.45, 2.75) is 6.92 Å². The number of methoxy groups -OCH3 is 2. The number of esters is 2. The van der Waals surface area contributed by atoms with Crippen molar-refractivity contribution < 1.29 is 19.1 Å². The zero-order valence-corrected chi connectivity index (χ0v) is 29.0. The monoisotopic (exact) mass is 684 g/mol. The highest BCUT2D eigenvalue weighted by Crippen LogP contribution is 2.35. The molecule has 1 heterocycles. The Morgan fingerprint density at radius 1 is 0.692 bits per heavy atom. The summed E-state index contributed by atoms with van der Waals surface area (Å²) < 4.78 is 9.69. The molecule has 6 aromatic rings. The Kier molecular flexibility index (Phi) is 10.6. The van der Waals surface area contributed by atoms with Gasteiger partial charge < -0.3 is 15.2 Å². The molecule has 1 aromatic heterocycles. The van der Waals surface area contributed by atoms with E-state index in [0.717, 1.165) is 39.1 Å². The van der Waals surface area contributed by atoms with Gasteiger partial charge in [0.2, 0.25) is 0 Å². The van der Waals surface area contributed by atoms with Crippen molar-refractivity contribution in [2.75, 3.05) is 20.0 Å². The topological polar surface area (TPSA) is 117 Å². The van der Waals surface area contributed by atoms with Crippen LogP contribution in [0.15, 0.2) is 151 Å². The van der Waals surface area contributed by atoms with Gasteiger partial charge in [-0.05, 0) is 71.7 Å². The molecule has 0 fully saturated rings. The maximum absolute atomic E-state index is 12.1. The standard InChI is InChI=1S/C44H36N4O4/c1-5-29(22-25-40(49)51-3)42-43(32-16-18-33(19-17-32)44(50)52-4)46-37-24-21-35(27-39(37)48-42)34-20-23-36(45)38(26-34)47-41(31-14-10-7-11-15-31)28(2)30-12-8-6-9-13-30/h5-27H,2,45H2,1,3-4H3/b25-22-,29-5+,47-41?. The van der Waals surface area contributed by atoms with Crippen molar-refractivity contribution >= 4 is 51.2 Å². The SMILES string of the molecule is C=C(C(=Nc1cc(-c2ccc3nc(-c4ccc(C(=O)OC)cc4)c(C(/C=C\C(=O)OC)=C/C)nc3c2)ccc1N)c1ccccc1)c1ccccc1. The molecule has 0 aliphatic rings. The molecule has 0 spiro atoms. The maximum atomic E-state index is 12.1. The van der Waals surface area contributed by atoms with Gasteiger partial charge in [0.15, 0.2) is 0 Å². The lowest BCUT2D eigenvalue weighted by atomic mass is 9.97. The van der Waals surface area contributed by atoms with Gasteiger partial charge in [0.25, 0.3) is 0 Å². The fourth-order valence-corrected chi connectivity index (χ4v) is 5.68. The number of nitrogens with two attached hydrogens (primary N) is 1. The number of carbonyl (C=O) groups excluding carboxylic acids is 2. The lowest BCUT2D eigenvalue weighted by Crippen LogP contribution is -2.04. The van der Waals surface area contributed by atoms with Crippen molar-refractivity contribution in [1.82, 2.24) is 9.97 Å². The van der Waals surface area contributed by atoms with Crippen LogP contribution in [0.3, 0.4) is 0 Å². The van der Waals surface area contributed by atoms with Gasteiger partial charge in [-0.2, -0.15) is 0 Å². The van der Waals surface area contributed by atoms with E-state index in [1.54, 1.807) is 30.3 Å². The van der Waals surface area contributed by atoms with Crippen LogP contribution in [0.1, 0.15) is 34.1 Å². The number of nitrogen functional groups attached to an aromatic ring is 1. The molecule has 52 heavy (non-hydrogen) atoms. The first-order chi connectivity index (χ1) is 25.3. The summed E-state index contributed by atoms with van der Waals surface area (Å²) in [6.07, 6.45) is 4.84. The molecule has 0 atom stereocenters. The Morgan fingerprint density at radius 2 is 1.33 bits per heavy atom. The zero-order chi connectivity index (χ0) is 36.6. The van der Waals surface area contributed by atoms with E-state index in [0.29, 0.717) is 44.9 Å². The number of benzene rings is 5. The minimum atomic E-state index is -0.496. The van der Waals surface area contributed by atoms with Crippen molar-refractivity contribution in [3.8, 4) is 22.4 Å². The summed E-state index contributed by atoms with van der Waals surface area (Å²) in [6, 6.07) is 38.4. The summed E-state index contributed by atoms with van der Waals surface area (Å²) in [5.41, 5.74) is 17.0. The second-order valence-electron chi connectivity index (χ2n) is 11.7. The third kappa shape index (κ3) is 7.61. The predicted molar refractivity (Wildman–Crippen MR) is 209 cm³/mol. The van der Waals surface area contributed by atoms with Gasteiger partial charge in [0, 0.05) is 22.8 Å². The third-order valence-corrected chi connectivity index (χ3v) is 8.48. The number of rotatable bonds is 10. The van der Waals surface area contributed by atoms with E-state index in [-0.39, 0.29) is 0 Å². The van der Waals surface area contributed by atoms with Gasteiger partial charge in [0.05, 0.1) is 59.3 Å². The number of hydrogen-bond donors (Lipinski definition) is 1. The summed E-state index contributed by atoms with van der Waals surface area (Å²) >= 11 is 0. The minimum absolute atomic E-state index is 0.413. The molecule has 8 heteroatoms. The van der Waals surface area contributed by atoms with E-state index in [4.69, 9.17) is 30.2 Å². The summed E-state index contributed by atoms with van der Waals surface area (Å²) in [5, 5.41) is 0. The summed E-state index contributed by atoms with van der Waals surface area (Å²) in [7, 11) is 2.66. The molecule has 6 rings (SSSR count). The summed E-state index contributed by atoms with van der Waals surface area (Å²) in [4.78, 5) is 39.3. The summed E-state index contributed by atoms with van der Waals surface area (Å²) in [6.45, 7) is 6.26. The second kappa shape index (κ2) is 15.7. The molecule has 0 aliphatic carbocycles. The first-order valence-electron chi connectivity index (χ1n) is 16.5. The Morgan fingerprint density at radius 3 is 1.98 bits per heavy atom. The molecule has 0 aliphatic heterocycles. The Labute approximate surface area is 302 Å². The second-order valence-corrected chi connectivity index (χ2v) is 11.7. The zero-order valence-electron chi connectivity index (χ0n) is 29.0. The Balaban J connectivity index is 1.46. The highest BCUT2D eigenvalue weighted by Gasteiger charge is 2.17. The first kappa shape index (κ1) is 34.9. The van der Waals surface area contributed by atoms with E-state index in [1.807, 2.05) is 110 Å². The van der Waals surface area contributed by atoms with Crippen LogP contribution in [0.2, 0.25) is 0 Å². The normalized spacial score (nSPS) is 11.8. The van der Waals surface area contributed by atoms with E-state index >= 15 is 0 Å². The van der Waals surface area contributed by atoms with Gasteiger partial charge in [-0.1, -0.05) is 97.6 Å². The number of fused-ring (bicyclic) bond motifs is 1. The average Bonchev–Trinajstić information content (AvgIpc) is 3.20. The molecular formula is C44H36N4O4. The Hall–Kier alpha value is -6.93. The molecule has 2 N–H and O–H groups in total. The average molecular weight is 685 g/mol. The van der Waals surface area contributed by atoms with Crippen LogP contribution in [0, 0.1) is 0 Å². The number of allylic oxidation sites excluding steroid dienone is 4. The van der Waals surface area contributed by atoms with Crippen molar-refractivity contribution in [3.05, 3.63) is 169 Å². The number of anilines is 1. The van der Waals surface area contributed by atoms with Crippen molar-refractivity contribution in [3.63, 3.8) is 0 Å². The molecule has 5 aromatic carbocycles. The van der Waals surface area contributed by atoms with E-state index in [2.05, 4.69) is 6.58 Å². The van der Waals surface area contributed by atoms with Gasteiger partial charge in [0.1, 0.15) is 0 Å². The lowest BCUT2D eigenvalue weighted by molar-refractivity contribution is -0.134. The lowest BCUT2D eigenvalue weighted by Gasteiger charge is -2.14. The van der Waals surface area contributed by atoms with Crippen molar-refractivity contribution in [2.24, 2.45) is 4.99 Å². The number of carbonyl (C=O) groups is 2. The maximum Gasteiger partial charge on any atom is 0.337 e. The highest BCUT2D eigenvalue weighted by atomic mass is 16.5. The number of aromatic nitrogens is 2. The number of hydrogen-bond acceptors (Lipinski definition) is 8. The van der Waals surface area contributed by atoms with Crippen LogP contribution in [-0.4, -0.2) is 41.8 Å². The third-order valence-electron chi connectivity index (χ3n) is 8.48. The molecule has 0 radical (unpaired) electrons. The van der Waals surface area contributed by atoms with Crippen LogP contribution < -0.4 is 5.73 Å². The van der Waals surface area contributed by atoms with Crippen LogP contribution >= 0.6 is 0 Å². The fraction of sp³-hybridized carbons (Fsp3) is 0.0682. The van der Waals surface area contributed by atoms with Gasteiger partial charge in [-0.15, -0.1) is 0 Å². The number of ether oxygens (including phenoxy) is 2. The van der Waals surface area contributed by atoms with Crippen LogP contribution in [0.25, 0.3) is 44.6 Å². The first-order valence-corrected chi connectivity index (χ1v) is 16.5. The van der Waals surface area contributed by atoms with E-state index in [1.165, 1.54) is 20.3 Å². The molecule has 256 valence electrons. The molecule has 0 saturated carbocycles. The Bertz CT molecular complexity index is 2380. The molecule has 0 bridgehead atoms. The number of nitrogens with zero attached hydrogens (tertiary/aromatic N) is 3. The molecule has 0 saturated heterocycles. The molecule has 8 nitrogen and oxygen atoms in total. The fourth-order valence-electron chi connectivity index (χ4n) is 5.68. The largest absolute Gasteiger partial charge is 0.466 e.